The van der Waals surface area contributed by atoms with Crippen LogP contribution in [0.2, 0.25) is 0 Å². The molecule has 0 aliphatic rings. The third-order valence-electron chi connectivity index (χ3n) is 1.85. The summed E-state index contributed by atoms with van der Waals surface area (Å²) in [5, 5.41) is 9.07. The van der Waals surface area contributed by atoms with Crippen molar-refractivity contribution in [2.45, 2.75) is 39.7 Å². The average Bonchev–Trinajstić information content (AvgIpc) is 2.58. The quantitative estimate of drug-likeness (QED) is 0.715. The fourth-order valence-electron chi connectivity index (χ4n) is 1.14. The van der Waals surface area contributed by atoms with Crippen LogP contribution in [0.25, 0.3) is 0 Å². The normalized spacial score (nSPS) is 10.8. The number of H-pyrrole nitrogens is 1. The van der Waals surface area contributed by atoms with Gasteiger partial charge >= 0.3 is 0 Å². The van der Waals surface area contributed by atoms with Gasteiger partial charge in [0.15, 0.2) is 0 Å². The van der Waals surface area contributed by atoms with Gasteiger partial charge in [-0.25, -0.2) is 0 Å². The predicted octanol–water partition coefficient (Wildman–Crippen LogP) is 1.26. The first-order valence-corrected chi connectivity index (χ1v) is 5.38. The smallest absolute Gasteiger partial charge is 0.248 e. The van der Waals surface area contributed by atoms with E-state index < -0.39 is 0 Å². The van der Waals surface area contributed by atoms with Crippen LogP contribution in [0, 0.1) is 6.92 Å². The first kappa shape index (κ1) is 12.6. The molecule has 0 saturated carbocycles. The molecule has 1 amide bonds. The molecule has 1 rings (SSSR count). The van der Waals surface area contributed by atoms with Crippen LogP contribution in [0.1, 0.15) is 32.5 Å². The summed E-state index contributed by atoms with van der Waals surface area (Å²) in [5.41, 5.74) is 0. The van der Waals surface area contributed by atoms with Gasteiger partial charge in [0.1, 0.15) is 5.82 Å². The van der Waals surface area contributed by atoms with Crippen molar-refractivity contribution in [3.8, 4) is 0 Å². The Hall–Kier alpha value is -1.43. The number of aromatic amines is 1. The number of aryl methyl sites for hydroxylation is 1. The van der Waals surface area contributed by atoms with Crippen molar-refractivity contribution < 1.29 is 9.53 Å². The summed E-state index contributed by atoms with van der Waals surface area (Å²) in [4.78, 5) is 15.4. The highest BCUT2D eigenvalue weighted by Crippen LogP contribution is 2.00. The molecular formula is C10H18N4O2. The lowest BCUT2D eigenvalue weighted by Crippen LogP contribution is -2.14. The molecule has 0 atom stereocenters. The fraction of sp³-hybridized carbons (Fsp3) is 0.700. The number of hydrogen-bond acceptors (Lipinski definition) is 4. The van der Waals surface area contributed by atoms with Gasteiger partial charge in [0.25, 0.3) is 0 Å². The molecule has 1 heterocycles. The van der Waals surface area contributed by atoms with Crippen molar-refractivity contribution in [3.05, 3.63) is 5.82 Å². The number of hydrogen-bond donors (Lipinski definition) is 2. The Morgan fingerprint density at radius 2 is 2.31 bits per heavy atom. The molecule has 0 aliphatic carbocycles. The molecule has 0 bridgehead atoms. The zero-order valence-electron chi connectivity index (χ0n) is 9.91. The Labute approximate surface area is 94.8 Å². The predicted molar refractivity (Wildman–Crippen MR) is 60.1 cm³/mol. The van der Waals surface area contributed by atoms with Crippen molar-refractivity contribution in [2.24, 2.45) is 0 Å². The van der Waals surface area contributed by atoms with E-state index in [-0.39, 0.29) is 12.0 Å². The summed E-state index contributed by atoms with van der Waals surface area (Å²) in [6.45, 7) is 6.31. The number of carbonyl (C=O) groups is 1. The molecule has 6 nitrogen and oxygen atoms in total. The van der Waals surface area contributed by atoms with E-state index in [0.29, 0.717) is 31.2 Å². The Balaban J connectivity index is 2.16. The second kappa shape index (κ2) is 6.22. The topological polar surface area (TPSA) is 79.9 Å². The monoisotopic (exact) mass is 226 g/mol. The number of nitrogens with zero attached hydrogens (tertiary/aromatic N) is 2. The number of ether oxygens (including phenoxy) is 1. The van der Waals surface area contributed by atoms with Crippen LogP contribution in [-0.4, -0.2) is 33.8 Å². The lowest BCUT2D eigenvalue weighted by molar-refractivity contribution is -0.116. The molecule has 0 aromatic carbocycles. The lowest BCUT2D eigenvalue weighted by atomic mass is 10.3. The largest absolute Gasteiger partial charge is 0.379 e. The molecule has 2 N–H and O–H groups in total. The van der Waals surface area contributed by atoms with Crippen LogP contribution >= 0.6 is 0 Å². The number of amides is 1. The van der Waals surface area contributed by atoms with Crippen molar-refractivity contribution in [1.82, 2.24) is 15.2 Å². The third-order valence-corrected chi connectivity index (χ3v) is 1.85. The molecule has 90 valence electrons. The summed E-state index contributed by atoms with van der Waals surface area (Å²) >= 11 is 0. The van der Waals surface area contributed by atoms with Crippen molar-refractivity contribution >= 4 is 11.9 Å². The lowest BCUT2D eigenvalue weighted by Gasteiger charge is -2.06. The van der Waals surface area contributed by atoms with E-state index >= 15 is 0 Å². The van der Waals surface area contributed by atoms with E-state index in [1.807, 2.05) is 13.8 Å². The van der Waals surface area contributed by atoms with Gasteiger partial charge in [0.2, 0.25) is 11.9 Å². The molecule has 0 saturated heterocycles. The van der Waals surface area contributed by atoms with Gasteiger partial charge in [-0.3, -0.25) is 15.2 Å². The van der Waals surface area contributed by atoms with Gasteiger partial charge in [-0.1, -0.05) is 0 Å². The summed E-state index contributed by atoms with van der Waals surface area (Å²) in [6.07, 6.45) is 1.33. The van der Waals surface area contributed by atoms with Gasteiger partial charge in [-0.15, -0.1) is 5.10 Å². The molecule has 0 radical (unpaired) electrons. The van der Waals surface area contributed by atoms with E-state index in [4.69, 9.17) is 4.74 Å². The average molecular weight is 226 g/mol. The number of nitrogens with one attached hydrogen (secondary N) is 2. The van der Waals surface area contributed by atoms with E-state index in [9.17, 15) is 4.79 Å². The number of rotatable bonds is 6. The fourth-order valence-corrected chi connectivity index (χ4v) is 1.14. The molecule has 0 unspecified atom stereocenters. The van der Waals surface area contributed by atoms with Gasteiger partial charge in [0, 0.05) is 13.0 Å². The Morgan fingerprint density at radius 3 is 2.88 bits per heavy atom. The maximum atomic E-state index is 11.4. The SMILES string of the molecule is Cc1nc(NC(=O)CCCOC(C)C)n[nH]1. The first-order valence-electron chi connectivity index (χ1n) is 5.38. The third kappa shape index (κ3) is 4.88. The highest BCUT2D eigenvalue weighted by molar-refractivity contribution is 5.88. The summed E-state index contributed by atoms with van der Waals surface area (Å²) in [6, 6.07) is 0. The zero-order valence-corrected chi connectivity index (χ0v) is 9.91. The minimum atomic E-state index is -0.0913. The summed E-state index contributed by atoms with van der Waals surface area (Å²) in [5.74, 6) is 0.914. The van der Waals surface area contributed by atoms with E-state index in [1.165, 1.54) is 0 Å². The van der Waals surface area contributed by atoms with Crippen molar-refractivity contribution in [1.29, 1.82) is 0 Å². The van der Waals surface area contributed by atoms with Crippen molar-refractivity contribution in [2.75, 3.05) is 11.9 Å². The van der Waals surface area contributed by atoms with Gasteiger partial charge < -0.3 is 4.74 Å². The molecule has 1 aromatic rings. The number of carbonyl (C=O) groups excluding carboxylic acids is 1. The zero-order chi connectivity index (χ0) is 12.0. The molecule has 6 heteroatoms. The standard InChI is InChI=1S/C10H18N4O2/c1-7(2)16-6-4-5-9(15)12-10-11-8(3)13-14-10/h7H,4-6H2,1-3H3,(H2,11,12,13,14,15). The van der Waals surface area contributed by atoms with Crippen LogP contribution < -0.4 is 5.32 Å². The highest BCUT2D eigenvalue weighted by atomic mass is 16.5. The van der Waals surface area contributed by atoms with Gasteiger partial charge in [-0.2, -0.15) is 4.98 Å². The van der Waals surface area contributed by atoms with Gasteiger partial charge in [-0.05, 0) is 27.2 Å². The maximum Gasteiger partial charge on any atom is 0.248 e. The van der Waals surface area contributed by atoms with E-state index in [1.54, 1.807) is 6.92 Å². The Kier molecular flexibility index (Phi) is 4.91. The molecule has 0 aliphatic heterocycles. The molecule has 1 aromatic heterocycles. The molecule has 0 spiro atoms. The van der Waals surface area contributed by atoms with Gasteiger partial charge in [0.05, 0.1) is 6.10 Å². The van der Waals surface area contributed by atoms with Crippen molar-refractivity contribution in [3.63, 3.8) is 0 Å². The van der Waals surface area contributed by atoms with E-state index in [2.05, 4.69) is 20.5 Å². The van der Waals surface area contributed by atoms with Crippen LogP contribution in [-0.2, 0) is 9.53 Å². The Morgan fingerprint density at radius 1 is 1.56 bits per heavy atom. The second-order valence-corrected chi connectivity index (χ2v) is 3.82. The Bertz CT molecular complexity index is 335. The highest BCUT2D eigenvalue weighted by Gasteiger charge is 2.05. The second-order valence-electron chi connectivity index (χ2n) is 3.82. The van der Waals surface area contributed by atoms with Crippen LogP contribution in [0.5, 0.6) is 0 Å². The summed E-state index contributed by atoms with van der Waals surface area (Å²) < 4.78 is 5.33. The van der Waals surface area contributed by atoms with Crippen LogP contribution in [0.15, 0.2) is 0 Å². The van der Waals surface area contributed by atoms with Crippen LogP contribution in [0.4, 0.5) is 5.95 Å². The van der Waals surface area contributed by atoms with E-state index in [0.717, 1.165) is 0 Å². The van der Waals surface area contributed by atoms with Crippen LogP contribution in [0.3, 0.4) is 0 Å². The first-order chi connectivity index (χ1) is 7.58. The number of aromatic nitrogens is 3. The molecular weight excluding hydrogens is 208 g/mol. The number of anilines is 1. The molecule has 16 heavy (non-hydrogen) atoms. The maximum absolute atomic E-state index is 11.4. The minimum absolute atomic E-state index is 0.0913. The summed E-state index contributed by atoms with van der Waals surface area (Å²) in [7, 11) is 0. The minimum Gasteiger partial charge on any atom is -0.379 e. The molecule has 0 fully saturated rings.